The van der Waals surface area contributed by atoms with Crippen molar-refractivity contribution in [1.82, 2.24) is 10.5 Å². The first-order chi connectivity index (χ1) is 6.88. The van der Waals surface area contributed by atoms with Gasteiger partial charge >= 0.3 is 0 Å². The van der Waals surface area contributed by atoms with Crippen LogP contribution in [0.1, 0.15) is 31.1 Å². The molecule has 0 radical (unpaired) electrons. The third-order valence-electron chi connectivity index (χ3n) is 1.44. The van der Waals surface area contributed by atoms with E-state index in [-0.39, 0.29) is 11.1 Å². The molecule has 1 N–H and O–H groups in total. The molecule has 0 unspecified atom stereocenters. The zero-order valence-electron chi connectivity index (χ0n) is 8.87. The van der Waals surface area contributed by atoms with E-state index in [4.69, 9.17) is 16.4 Å². The molecule has 82 valence electrons. The molecule has 0 saturated heterocycles. The van der Waals surface area contributed by atoms with Gasteiger partial charge < -0.3 is 0 Å². The molecule has 5 heteroatoms. The minimum absolute atomic E-state index is 0.276. The average Bonchev–Trinajstić information content (AvgIpc) is 2.13. The molecule has 0 aromatic carbocycles. The molecule has 1 heterocycles. The van der Waals surface area contributed by atoms with Crippen molar-refractivity contribution in [3.05, 3.63) is 29.0 Å². The lowest BCUT2D eigenvalue weighted by atomic mass is 10.2. The Balaban J connectivity index is 2.62. The summed E-state index contributed by atoms with van der Waals surface area (Å²) in [5.74, 6) is -0.339. The zero-order valence-corrected chi connectivity index (χ0v) is 9.63. The first-order valence-electron chi connectivity index (χ1n) is 4.48. The summed E-state index contributed by atoms with van der Waals surface area (Å²) in [6.45, 7) is 5.52. The summed E-state index contributed by atoms with van der Waals surface area (Å²) in [5, 5.41) is 0.276. The van der Waals surface area contributed by atoms with E-state index in [0.717, 1.165) is 0 Å². The fraction of sp³-hybridized carbons (Fsp3) is 0.400. The van der Waals surface area contributed by atoms with Crippen molar-refractivity contribution in [2.75, 3.05) is 0 Å². The van der Waals surface area contributed by atoms with Crippen LogP contribution in [0.5, 0.6) is 0 Å². The molecule has 0 spiro atoms. The summed E-state index contributed by atoms with van der Waals surface area (Å²) < 4.78 is 0. The van der Waals surface area contributed by atoms with Crippen molar-refractivity contribution in [3.63, 3.8) is 0 Å². The van der Waals surface area contributed by atoms with Crippen LogP contribution in [0.2, 0.25) is 5.15 Å². The van der Waals surface area contributed by atoms with Gasteiger partial charge in [-0.05, 0) is 32.9 Å². The highest BCUT2D eigenvalue weighted by Gasteiger charge is 2.13. The van der Waals surface area contributed by atoms with E-state index in [1.165, 1.54) is 12.3 Å². The summed E-state index contributed by atoms with van der Waals surface area (Å²) in [4.78, 5) is 20.4. The predicted octanol–water partition coefficient (Wildman–Crippen LogP) is 2.19. The van der Waals surface area contributed by atoms with Gasteiger partial charge in [0.1, 0.15) is 5.15 Å². The maximum absolute atomic E-state index is 11.5. The van der Waals surface area contributed by atoms with Crippen LogP contribution in [0.3, 0.4) is 0 Å². The summed E-state index contributed by atoms with van der Waals surface area (Å²) >= 11 is 5.65. The summed E-state index contributed by atoms with van der Waals surface area (Å²) in [5.41, 5.74) is 2.33. The third kappa shape index (κ3) is 4.27. The van der Waals surface area contributed by atoms with Gasteiger partial charge in [-0.2, -0.15) is 0 Å². The van der Waals surface area contributed by atoms with E-state index in [1.807, 2.05) is 20.8 Å². The molecule has 4 nitrogen and oxygen atoms in total. The van der Waals surface area contributed by atoms with Gasteiger partial charge in [-0.3, -0.25) is 9.63 Å². The summed E-state index contributed by atoms with van der Waals surface area (Å²) in [7, 11) is 0. The molecular formula is C10H13ClN2O2. The molecule has 0 fully saturated rings. The number of halogens is 1. The smallest absolute Gasteiger partial charge is 0.268 e. The van der Waals surface area contributed by atoms with Crippen molar-refractivity contribution in [2.45, 2.75) is 26.4 Å². The summed E-state index contributed by atoms with van der Waals surface area (Å²) in [6, 6.07) is 3.04. The number of carbonyl (C=O) groups excluding carboxylic acids is 1. The Morgan fingerprint density at radius 1 is 1.53 bits per heavy atom. The molecule has 0 aliphatic heterocycles. The Morgan fingerprint density at radius 3 is 2.73 bits per heavy atom. The molecule has 0 saturated carbocycles. The van der Waals surface area contributed by atoms with Crippen LogP contribution >= 0.6 is 11.6 Å². The number of rotatable bonds is 2. The average molecular weight is 229 g/mol. The van der Waals surface area contributed by atoms with Gasteiger partial charge in [-0.1, -0.05) is 11.6 Å². The molecule has 0 bridgehead atoms. The topological polar surface area (TPSA) is 51.2 Å². The highest BCUT2D eigenvalue weighted by Crippen LogP contribution is 2.08. The van der Waals surface area contributed by atoms with Crippen LogP contribution in [0.15, 0.2) is 18.3 Å². The maximum Gasteiger partial charge on any atom is 0.275 e. The quantitative estimate of drug-likeness (QED) is 0.624. The fourth-order valence-corrected chi connectivity index (χ4v) is 0.976. The van der Waals surface area contributed by atoms with Crippen LogP contribution in [-0.4, -0.2) is 16.5 Å². The monoisotopic (exact) mass is 228 g/mol. The molecule has 15 heavy (non-hydrogen) atoms. The predicted molar refractivity (Wildman–Crippen MR) is 57.6 cm³/mol. The zero-order chi connectivity index (χ0) is 11.5. The van der Waals surface area contributed by atoms with Crippen LogP contribution in [-0.2, 0) is 4.84 Å². The van der Waals surface area contributed by atoms with Gasteiger partial charge in [0.25, 0.3) is 5.91 Å². The van der Waals surface area contributed by atoms with Gasteiger partial charge in [0.05, 0.1) is 5.60 Å². The van der Waals surface area contributed by atoms with Crippen molar-refractivity contribution in [2.24, 2.45) is 0 Å². The second kappa shape index (κ2) is 4.59. The lowest BCUT2D eigenvalue weighted by Gasteiger charge is -2.18. The second-order valence-electron chi connectivity index (χ2n) is 4.01. The van der Waals surface area contributed by atoms with Gasteiger partial charge in [-0.25, -0.2) is 10.5 Å². The Bertz CT molecular complexity index is 361. The number of hydroxylamine groups is 1. The lowest BCUT2D eigenvalue weighted by Crippen LogP contribution is -2.33. The molecule has 1 aromatic heterocycles. The fourth-order valence-electron chi connectivity index (χ4n) is 0.802. The third-order valence-corrected chi connectivity index (χ3v) is 1.65. The van der Waals surface area contributed by atoms with Crippen molar-refractivity contribution >= 4 is 17.5 Å². The van der Waals surface area contributed by atoms with Crippen LogP contribution in [0.25, 0.3) is 0 Å². The second-order valence-corrected chi connectivity index (χ2v) is 4.40. The van der Waals surface area contributed by atoms with Crippen LogP contribution in [0.4, 0.5) is 0 Å². The molecule has 1 rings (SSSR count). The van der Waals surface area contributed by atoms with Gasteiger partial charge in [0.15, 0.2) is 0 Å². The molecular weight excluding hydrogens is 216 g/mol. The Morgan fingerprint density at radius 2 is 2.20 bits per heavy atom. The Kier molecular flexibility index (Phi) is 3.66. The lowest BCUT2D eigenvalue weighted by molar-refractivity contribution is -0.0589. The van der Waals surface area contributed by atoms with E-state index in [9.17, 15) is 4.79 Å². The van der Waals surface area contributed by atoms with Crippen LogP contribution < -0.4 is 5.48 Å². The SMILES string of the molecule is CC(C)(C)ONC(=O)c1ccnc(Cl)c1. The van der Waals surface area contributed by atoms with Gasteiger partial charge in [-0.15, -0.1) is 0 Å². The first-order valence-corrected chi connectivity index (χ1v) is 4.86. The van der Waals surface area contributed by atoms with Crippen LogP contribution in [0, 0.1) is 0 Å². The number of nitrogens with zero attached hydrogens (tertiary/aromatic N) is 1. The Labute approximate surface area is 93.6 Å². The standard InChI is InChI=1S/C10H13ClN2O2/c1-10(2,3)15-13-9(14)7-4-5-12-8(11)6-7/h4-6H,1-3H3,(H,13,14). The Hall–Kier alpha value is -1.13. The largest absolute Gasteiger partial charge is 0.275 e. The molecule has 0 aliphatic rings. The van der Waals surface area contributed by atoms with Crippen molar-refractivity contribution in [1.29, 1.82) is 0 Å². The van der Waals surface area contributed by atoms with Gasteiger partial charge in [0.2, 0.25) is 0 Å². The highest BCUT2D eigenvalue weighted by atomic mass is 35.5. The number of pyridine rings is 1. The number of amides is 1. The highest BCUT2D eigenvalue weighted by molar-refractivity contribution is 6.29. The van der Waals surface area contributed by atoms with Gasteiger partial charge in [0, 0.05) is 11.8 Å². The van der Waals surface area contributed by atoms with E-state index in [0.29, 0.717) is 5.56 Å². The minimum atomic E-state index is -0.424. The number of hydrogen-bond acceptors (Lipinski definition) is 3. The number of carbonyl (C=O) groups is 1. The summed E-state index contributed by atoms with van der Waals surface area (Å²) in [6.07, 6.45) is 1.47. The number of aromatic nitrogens is 1. The molecule has 0 atom stereocenters. The van der Waals surface area contributed by atoms with E-state index >= 15 is 0 Å². The first kappa shape index (κ1) is 11.9. The van der Waals surface area contributed by atoms with E-state index in [1.54, 1.807) is 6.07 Å². The van der Waals surface area contributed by atoms with E-state index < -0.39 is 5.60 Å². The molecule has 1 aromatic rings. The minimum Gasteiger partial charge on any atom is -0.268 e. The van der Waals surface area contributed by atoms with Crippen molar-refractivity contribution in [3.8, 4) is 0 Å². The maximum atomic E-state index is 11.5. The molecule has 1 amide bonds. The number of nitrogens with one attached hydrogen (secondary N) is 1. The van der Waals surface area contributed by atoms with Crippen molar-refractivity contribution < 1.29 is 9.63 Å². The number of hydrogen-bond donors (Lipinski definition) is 1. The van der Waals surface area contributed by atoms with E-state index in [2.05, 4.69) is 10.5 Å². The normalized spacial score (nSPS) is 11.2. The molecule has 0 aliphatic carbocycles.